The highest BCUT2D eigenvalue weighted by molar-refractivity contribution is 7.17. The second-order valence-electron chi connectivity index (χ2n) is 5.88. The minimum atomic E-state index is -0.706. The summed E-state index contributed by atoms with van der Waals surface area (Å²) in [7, 11) is 0. The van der Waals surface area contributed by atoms with Crippen LogP contribution in [0.3, 0.4) is 0 Å². The van der Waals surface area contributed by atoms with E-state index in [9.17, 15) is 9.90 Å². The van der Waals surface area contributed by atoms with E-state index in [0.29, 0.717) is 0 Å². The molecular weight excluding hydrogens is 326 g/mol. The van der Waals surface area contributed by atoms with E-state index >= 15 is 0 Å². The number of aliphatic carboxylic acids is 1. The Morgan fingerprint density at radius 2 is 2.13 bits per heavy atom. The smallest absolute Gasteiger partial charge is 0.320 e. The van der Waals surface area contributed by atoms with E-state index in [1.807, 2.05) is 0 Å². The van der Waals surface area contributed by atoms with Crippen LogP contribution in [-0.4, -0.2) is 28.6 Å². The lowest BCUT2D eigenvalue weighted by atomic mass is 9.98. The van der Waals surface area contributed by atoms with Gasteiger partial charge >= 0.3 is 5.97 Å². The maximum Gasteiger partial charge on any atom is 0.320 e. The van der Waals surface area contributed by atoms with E-state index in [-0.39, 0.29) is 6.04 Å². The normalized spacial score (nSPS) is 20.1. The predicted octanol–water partition coefficient (Wildman–Crippen LogP) is 4.60. The van der Waals surface area contributed by atoms with Crippen LogP contribution < -0.4 is 0 Å². The van der Waals surface area contributed by atoms with Gasteiger partial charge in [0.15, 0.2) is 0 Å². The number of likely N-dealkylation sites (tertiary alicyclic amines) is 1. The van der Waals surface area contributed by atoms with Crippen LogP contribution in [0.15, 0.2) is 46.5 Å². The molecule has 1 aromatic carbocycles. The average Bonchev–Trinajstić information content (AvgIpc) is 3.29. The lowest BCUT2D eigenvalue weighted by Gasteiger charge is -2.31. The van der Waals surface area contributed by atoms with E-state index in [0.717, 1.165) is 19.4 Å². The van der Waals surface area contributed by atoms with E-state index < -0.39 is 12.0 Å². The Bertz CT molecular complexity index is 825. The number of benzene rings is 1. The number of fused-ring (bicyclic) bond motifs is 1. The molecule has 5 heteroatoms. The van der Waals surface area contributed by atoms with Crippen molar-refractivity contribution in [2.24, 2.45) is 0 Å². The largest absolute Gasteiger partial charge is 0.480 e. The van der Waals surface area contributed by atoms with Crippen LogP contribution in [0.2, 0.25) is 0 Å². The molecule has 0 amide bonds. The molecule has 0 saturated carbocycles. The van der Waals surface area contributed by atoms with Gasteiger partial charge in [0.1, 0.15) is 6.04 Å². The summed E-state index contributed by atoms with van der Waals surface area (Å²) in [5.41, 5.74) is 2.43. The summed E-state index contributed by atoms with van der Waals surface area (Å²) < 4.78 is 1.26. The number of hydrogen-bond acceptors (Lipinski definition) is 4. The first-order valence-corrected chi connectivity index (χ1v) is 9.55. The summed E-state index contributed by atoms with van der Waals surface area (Å²) in [5.74, 6) is -0.706. The summed E-state index contributed by atoms with van der Waals surface area (Å²) in [5, 5.41) is 17.3. The fraction of sp³-hybridized carbons (Fsp3) is 0.278. The van der Waals surface area contributed by atoms with Crippen molar-refractivity contribution in [1.82, 2.24) is 4.90 Å². The van der Waals surface area contributed by atoms with Gasteiger partial charge in [-0.3, -0.25) is 9.69 Å². The number of carboxylic acids is 1. The quantitative estimate of drug-likeness (QED) is 0.752. The van der Waals surface area contributed by atoms with Crippen molar-refractivity contribution in [3.05, 3.63) is 57.6 Å². The van der Waals surface area contributed by atoms with Crippen molar-refractivity contribution in [3.63, 3.8) is 0 Å². The number of hydrogen-bond donors (Lipinski definition) is 1. The van der Waals surface area contributed by atoms with Gasteiger partial charge in [-0.25, -0.2) is 0 Å². The van der Waals surface area contributed by atoms with Crippen molar-refractivity contribution in [1.29, 1.82) is 0 Å². The third-order valence-electron chi connectivity index (χ3n) is 4.58. The second kappa shape index (κ2) is 6.07. The van der Waals surface area contributed by atoms with Gasteiger partial charge in [-0.2, -0.15) is 11.3 Å². The molecule has 118 valence electrons. The molecule has 2 aromatic heterocycles. The molecular formula is C18H17NO2S2. The van der Waals surface area contributed by atoms with Crippen LogP contribution in [0.4, 0.5) is 0 Å². The molecule has 23 heavy (non-hydrogen) atoms. The molecule has 1 N–H and O–H groups in total. The number of thiophene rings is 2. The van der Waals surface area contributed by atoms with Gasteiger partial charge in [-0.1, -0.05) is 18.2 Å². The Morgan fingerprint density at radius 1 is 1.26 bits per heavy atom. The van der Waals surface area contributed by atoms with Gasteiger partial charge in [0.25, 0.3) is 0 Å². The molecule has 1 fully saturated rings. The first-order chi connectivity index (χ1) is 11.3. The molecule has 3 heterocycles. The first kappa shape index (κ1) is 14.9. The fourth-order valence-corrected chi connectivity index (χ4v) is 5.21. The third-order valence-corrected chi connectivity index (χ3v) is 6.26. The van der Waals surface area contributed by atoms with Crippen LogP contribution in [0, 0.1) is 0 Å². The Labute approximate surface area is 142 Å². The maximum absolute atomic E-state index is 11.7. The molecule has 3 nitrogen and oxygen atoms in total. The van der Waals surface area contributed by atoms with E-state index in [1.54, 1.807) is 22.7 Å². The molecule has 0 bridgehead atoms. The number of carboxylic acid groups (broad SMARTS) is 1. The Kier molecular flexibility index (Phi) is 3.93. The zero-order valence-corrected chi connectivity index (χ0v) is 14.1. The highest BCUT2D eigenvalue weighted by atomic mass is 32.1. The van der Waals surface area contributed by atoms with Crippen molar-refractivity contribution in [2.75, 3.05) is 6.54 Å². The maximum atomic E-state index is 11.7. The summed E-state index contributed by atoms with van der Waals surface area (Å²) >= 11 is 3.41. The molecule has 1 aliphatic rings. The van der Waals surface area contributed by atoms with Crippen LogP contribution in [-0.2, 0) is 4.79 Å². The lowest BCUT2D eigenvalue weighted by molar-refractivity contribution is -0.142. The molecule has 1 aliphatic heterocycles. The van der Waals surface area contributed by atoms with Crippen LogP contribution in [0.5, 0.6) is 0 Å². The topological polar surface area (TPSA) is 40.5 Å². The number of nitrogens with zero attached hydrogens (tertiary/aromatic N) is 1. The average molecular weight is 343 g/mol. The Hall–Kier alpha value is -1.69. The van der Waals surface area contributed by atoms with Gasteiger partial charge < -0.3 is 5.11 Å². The van der Waals surface area contributed by atoms with Crippen LogP contribution in [0.25, 0.3) is 10.1 Å². The molecule has 1 saturated heterocycles. The van der Waals surface area contributed by atoms with Gasteiger partial charge in [-0.05, 0) is 57.6 Å². The zero-order chi connectivity index (χ0) is 15.8. The summed E-state index contributed by atoms with van der Waals surface area (Å²) in [6.07, 6.45) is 1.68. The Morgan fingerprint density at radius 3 is 2.91 bits per heavy atom. The highest BCUT2D eigenvalue weighted by Crippen LogP contribution is 2.40. The molecule has 0 spiro atoms. The van der Waals surface area contributed by atoms with Crippen molar-refractivity contribution >= 4 is 38.7 Å². The van der Waals surface area contributed by atoms with Gasteiger partial charge in [-0.15, -0.1) is 11.3 Å². The molecule has 0 aliphatic carbocycles. The predicted molar refractivity (Wildman–Crippen MR) is 95.4 cm³/mol. The van der Waals surface area contributed by atoms with Crippen molar-refractivity contribution in [2.45, 2.75) is 24.9 Å². The van der Waals surface area contributed by atoms with Gasteiger partial charge in [0, 0.05) is 11.2 Å². The first-order valence-electron chi connectivity index (χ1n) is 7.72. The zero-order valence-electron chi connectivity index (χ0n) is 12.5. The standard InChI is InChI=1S/C18H17NO2S2/c20-18(21)15-5-3-8-19(15)17(12-7-9-22-10-12)14-11-23-16-6-2-1-4-13(14)16/h1-2,4,6-7,9-11,15,17H,3,5,8H2,(H,20,21). The van der Waals surface area contributed by atoms with Crippen LogP contribution in [0.1, 0.15) is 30.0 Å². The molecule has 2 unspecified atom stereocenters. The molecule has 4 rings (SSSR count). The minimum absolute atomic E-state index is 0.0287. The van der Waals surface area contributed by atoms with E-state index in [2.05, 4.69) is 51.4 Å². The minimum Gasteiger partial charge on any atom is -0.480 e. The van der Waals surface area contributed by atoms with Gasteiger partial charge in [0.2, 0.25) is 0 Å². The summed E-state index contributed by atoms with van der Waals surface area (Å²) in [6, 6.07) is 10.2. The van der Waals surface area contributed by atoms with Crippen LogP contribution >= 0.6 is 22.7 Å². The second-order valence-corrected chi connectivity index (χ2v) is 7.57. The SMILES string of the molecule is O=C(O)C1CCCN1C(c1ccsc1)c1csc2ccccc12. The molecule has 2 atom stereocenters. The highest BCUT2D eigenvalue weighted by Gasteiger charge is 2.37. The third kappa shape index (κ3) is 2.59. The summed E-state index contributed by atoms with van der Waals surface area (Å²) in [4.78, 5) is 13.8. The van der Waals surface area contributed by atoms with Crippen molar-refractivity contribution < 1.29 is 9.90 Å². The Balaban J connectivity index is 1.85. The molecule has 0 radical (unpaired) electrons. The summed E-state index contributed by atoms with van der Waals surface area (Å²) in [6.45, 7) is 0.835. The number of carbonyl (C=O) groups is 1. The van der Waals surface area contributed by atoms with E-state index in [1.165, 1.54) is 21.2 Å². The van der Waals surface area contributed by atoms with Gasteiger partial charge in [0.05, 0.1) is 6.04 Å². The fourth-order valence-electron chi connectivity index (χ4n) is 3.55. The molecule has 3 aromatic rings. The van der Waals surface area contributed by atoms with Crippen molar-refractivity contribution in [3.8, 4) is 0 Å². The monoisotopic (exact) mass is 343 g/mol. The van der Waals surface area contributed by atoms with E-state index in [4.69, 9.17) is 0 Å². The number of rotatable bonds is 4. The lowest BCUT2D eigenvalue weighted by Crippen LogP contribution is -2.39.